The van der Waals surface area contributed by atoms with Crippen molar-refractivity contribution in [3.63, 3.8) is 0 Å². The van der Waals surface area contributed by atoms with Gasteiger partial charge in [0, 0.05) is 12.8 Å². The van der Waals surface area contributed by atoms with E-state index in [0.717, 1.165) is 12.8 Å². The second-order valence-electron chi connectivity index (χ2n) is 8.22. The van der Waals surface area contributed by atoms with Crippen LogP contribution in [0.2, 0.25) is 0 Å². The van der Waals surface area contributed by atoms with Gasteiger partial charge in [-0.15, -0.1) is 11.8 Å². The monoisotopic (exact) mass is 362 g/mol. The summed E-state index contributed by atoms with van der Waals surface area (Å²) in [6.07, 6.45) is 30.7. The van der Waals surface area contributed by atoms with Crippen molar-refractivity contribution in [3.8, 4) is 11.8 Å². The lowest BCUT2D eigenvalue weighted by atomic mass is 10.0. The van der Waals surface area contributed by atoms with Crippen LogP contribution in [0, 0.1) is 11.8 Å². The van der Waals surface area contributed by atoms with Crippen molar-refractivity contribution in [2.45, 2.75) is 155 Å². The molecule has 0 N–H and O–H groups in total. The average Bonchev–Trinajstić information content (AvgIpc) is 2.66. The molecule has 0 spiro atoms. The standard InChI is InChI=1S/C26H50/c1-3-5-7-9-11-13-15-17-19-21-23-25-26-24-22-20-18-16-14-12-10-8-6-4-2/h3-13,15,17-26H2,1-2H3. The van der Waals surface area contributed by atoms with Gasteiger partial charge in [-0.25, -0.2) is 0 Å². The Morgan fingerprint density at radius 2 is 0.538 bits per heavy atom. The Balaban J connectivity index is 3.04. The van der Waals surface area contributed by atoms with Crippen molar-refractivity contribution in [2.24, 2.45) is 0 Å². The molecule has 26 heavy (non-hydrogen) atoms. The summed E-state index contributed by atoms with van der Waals surface area (Å²) < 4.78 is 0. The molecule has 0 atom stereocenters. The third-order valence-electron chi connectivity index (χ3n) is 5.44. The summed E-state index contributed by atoms with van der Waals surface area (Å²) in [6, 6.07) is 0. The molecule has 0 radical (unpaired) electrons. The summed E-state index contributed by atoms with van der Waals surface area (Å²) in [6.45, 7) is 4.56. The molecule has 0 unspecified atom stereocenters. The predicted octanol–water partition coefficient (Wildman–Crippen LogP) is 9.61. The normalized spacial score (nSPS) is 10.7. The Hall–Kier alpha value is -0.440. The quantitative estimate of drug-likeness (QED) is 0.149. The fraction of sp³-hybridized carbons (Fsp3) is 0.923. The third kappa shape index (κ3) is 23.6. The molecule has 0 aromatic heterocycles. The van der Waals surface area contributed by atoms with E-state index in [9.17, 15) is 0 Å². The Bertz CT molecular complexity index is 293. The number of hydrogen-bond donors (Lipinski definition) is 0. The summed E-state index contributed by atoms with van der Waals surface area (Å²) in [4.78, 5) is 0. The minimum Gasteiger partial charge on any atom is -0.103 e. The molecule has 0 nitrogen and oxygen atoms in total. The second kappa shape index (κ2) is 24.6. The average molecular weight is 363 g/mol. The zero-order valence-electron chi connectivity index (χ0n) is 18.6. The fourth-order valence-electron chi connectivity index (χ4n) is 3.58. The zero-order chi connectivity index (χ0) is 19.0. The van der Waals surface area contributed by atoms with Crippen LogP contribution in [-0.2, 0) is 0 Å². The van der Waals surface area contributed by atoms with E-state index in [1.54, 1.807) is 0 Å². The first-order valence-corrected chi connectivity index (χ1v) is 12.4. The Morgan fingerprint density at radius 3 is 0.846 bits per heavy atom. The molecular weight excluding hydrogens is 312 g/mol. The van der Waals surface area contributed by atoms with Crippen LogP contribution < -0.4 is 0 Å². The Morgan fingerprint density at radius 1 is 0.308 bits per heavy atom. The van der Waals surface area contributed by atoms with Gasteiger partial charge in [0.25, 0.3) is 0 Å². The van der Waals surface area contributed by atoms with Crippen LogP contribution in [0.5, 0.6) is 0 Å². The third-order valence-corrected chi connectivity index (χ3v) is 5.44. The van der Waals surface area contributed by atoms with Crippen LogP contribution in [0.3, 0.4) is 0 Å². The molecule has 0 amide bonds. The number of unbranched alkanes of at least 4 members (excludes halogenated alkanes) is 20. The van der Waals surface area contributed by atoms with E-state index in [4.69, 9.17) is 0 Å². The Kier molecular flexibility index (Phi) is 24.1. The first kappa shape index (κ1) is 25.6. The minimum atomic E-state index is 1.12. The van der Waals surface area contributed by atoms with Crippen LogP contribution in [0.15, 0.2) is 0 Å². The van der Waals surface area contributed by atoms with Gasteiger partial charge in [-0.05, 0) is 12.8 Å². The van der Waals surface area contributed by atoms with E-state index < -0.39 is 0 Å². The molecule has 0 bridgehead atoms. The maximum absolute atomic E-state index is 3.36. The predicted molar refractivity (Wildman–Crippen MR) is 121 cm³/mol. The van der Waals surface area contributed by atoms with E-state index >= 15 is 0 Å². The highest BCUT2D eigenvalue weighted by atomic mass is 14.0. The van der Waals surface area contributed by atoms with Crippen molar-refractivity contribution in [1.29, 1.82) is 0 Å². The van der Waals surface area contributed by atoms with Crippen LogP contribution in [0.25, 0.3) is 0 Å². The molecule has 0 aliphatic carbocycles. The first-order chi connectivity index (χ1) is 12.9. The van der Waals surface area contributed by atoms with E-state index in [1.165, 1.54) is 128 Å². The lowest BCUT2D eigenvalue weighted by Gasteiger charge is -2.03. The fourth-order valence-corrected chi connectivity index (χ4v) is 3.58. The SMILES string of the molecule is CCCCCCC#CCCCCCCCCCCCCCCCCCC. The van der Waals surface area contributed by atoms with Gasteiger partial charge in [-0.1, -0.05) is 129 Å². The van der Waals surface area contributed by atoms with E-state index in [2.05, 4.69) is 25.7 Å². The van der Waals surface area contributed by atoms with Crippen LogP contribution in [0.4, 0.5) is 0 Å². The van der Waals surface area contributed by atoms with Crippen molar-refractivity contribution < 1.29 is 0 Å². The topological polar surface area (TPSA) is 0 Å². The van der Waals surface area contributed by atoms with E-state index in [0.29, 0.717) is 0 Å². The number of hydrogen-bond acceptors (Lipinski definition) is 0. The van der Waals surface area contributed by atoms with Crippen LogP contribution in [0.1, 0.15) is 155 Å². The van der Waals surface area contributed by atoms with Crippen LogP contribution >= 0.6 is 0 Å². The summed E-state index contributed by atoms with van der Waals surface area (Å²) in [5, 5.41) is 0. The van der Waals surface area contributed by atoms with Crippen molar-refractivity contribution in [1.82, 2.24) is 0 Å². The molecule has 0 heteroatoms. The molecule has 0 saturated heterocycles. The van der Waals surface area contributed by atoms with Gasteiger partial charge in [0.1, 0.15) is 0 Å². The number of rotatable bonds is 20. The van der Waals surface area contributed by atoms with E-state index in [1.807, 2.05) is 0 Å². The maximum Gasteiger partial charge on any atom is 0.00886 e. The minimum absolute atomic E-state index is 1.12. The van der Waals surface area contributed by atoms with Gasteiger partial charge in [0.15, 0.2) is 0 Å². The maximum atomic E-state index is 3.36. The van der Waals surface area contributed by atoms with Crippen molar-refractivity contribution in [2.75, 3.05) is 0 Å². The molecule has 0 aromatic rings. The highest BCUT2D eigenvalue weighted by molar-refractivity contribution is 4.98. The van der Waals surface area contributed by atoms with Gasteiger partial charge in [0.2, 0.25) is 0 Å². The lowest BCUT2D eigenvalue weighted by molar-refractivity contribution is 0.530. The van der Waals surface area contributed by atoms with Gasteiger partial charge in [-0.3, -0.25) is 0 Å². The van der Waals surface area contributed by atoms with E-state index in [-0.39, 0.29) is 0 Å². The zero-order valence-corrected chi connectivity index (χ0v) is 18.6. The molecule has 0 aliphatic rings. The van der Waals surface area contributed by atoms with Crippen molar-refractivity contribution >= 4 is 0 Å². The smallest absolute Gasteiger partial charge is 0.00886 e. The summed E-state index contributed by atoms with van der Waals surface area (Å²) >= 11 is 0. The highest BCUT2D eigenvalue weighted by Crippen LogP contribution is 2.14. The molecule has 0 heterocycles. The Labute approximate surface area is 167 Å². The molecule has 0 aliphatic heterocycles. The van der Waals surface area contributed by atoms with Gasteiger partial charge >= 0.3 is 0 Å². The highest BCUT2D eigenvalue weighted by Gasteiger charge is 1.94. The second-order valence-corrected chi connectivity index (χ2v) is 8.22. The van der Waals surface area contributed by atoms with Gasteiger partial charge in [-0.2, -0.15) is 0 Å². The summed E-state index contributed by atoms with van der Waals surface area (Å²) in [5.74, 6) is 6.71. The first-order valence-electron chi connectivity index (χ1n) is 12.4. The molecule has 0 rings (SSSR count). The lowest BCUT2D eigenvalue weighted by Crippen LogP contribution is -1.83. The molecule has 0 saturated carbocycles. The van der Waals surface area contributed by atoms with Crippen LogP contribution in [-0.4, -0.2) is 0 Å². The van der Waals surface area contributed by atoms with Gasteiger partial charge < -0.3 is 0 Å². The molecule has 154 valence electrons. The summed E-state index contributed by atoms with van der Waals surface area (Å²) in [7, 11) is 0. The summed E-state index contributed by atoms with van der Waals surface area (Å²) in [5.41, 5.74) is 0. The largest absolute Gasteiger partial charge is 0.103 e. The van der Waals surface area contributed by atoms with Gasteiger partial charge in [0.05, 0.1) is 0 Å². The molecule has 0 fully saturated rings. The molecular formula is C26H50. The molecule has 0 aromatic carbocycles. The van der Waals surface area contributed by atoms with Crippen molar-refractivity contribution in [3.05, 3.63) is 0 Å².